The molecule has 0 aromatic carbocycles. The van der Waals surface area contributed by atoms with Gasteiger partial charge in [0.1, 0.15) is 0 Å². The molecule has 0 amide bonds. The molecular formula is C9H15N3O2. The molecule has 1 aliphatic heterocycles. The molecule has 14 heavy (non-hydrogen) atoms. The first-order valence-corrected chi connectivity index (χ1v) is 4.84. The maximum atomic E-state index is 5.68. The molecule has 1 aromatic heterocycles. The smallest absolute Gasteiger partial charge is 0.312 e. The first-order valence-electron chi connectivity index (χ1n) is 4.84. The number of anilines is 1. The molecule has 78 valence electrons. The monoisotopic (exact) mass is 197 g/mol. The highest BCUT2D eigenvalue weighted by atomic mass is 16.5. The number of nitrogen functional groups attached to an aromatic ring is 1. The Balaban J connectivity index is 2.25. The SMILES string of the molecule is CC1OC(C)C(c2nnc(N)o2)C1C. The molecule has 1 saturated heterocycles. The zero-order chi connectivity index (χ0) is 10.3. The van der Waals surface area contributed by atoms with Crippen LogP contribution in [0.15, 0.2) is 4.42 Å². The summed E-state index contributed by atoms with van der Waals surface area (Å²) in [6.07, 6.45) is 0.336. The van der Waals surface area contributed by atoms with Crippen LogP contribution in [0.4, 0.5) is 6.01 Å². The van der Waals surface area contributed by atoms with E-state index in [1.807, 2.05) is 6.92 Å². The Morgan fingerprint density at radius 2 is 1.86 bits per heavy atom. The Morgan fingerprint density at radius 3 is 2.29 bits per heavy atom. The van der Waals surface area contributed by atoms with E-state index >= 15 is 0 Å². The van der Waals surface area contributed by atoms with Gasteiger partial charge in [0.25, 0.3) is 0 Å². The molecule has 0 aliphatic carbocycles. The van der Waals surface area contributed by atoms with Gasteiger partial charge in [-0.2, -0.15) is 0 Å². The molecule has 1 aliphatic rings. The van der Waals surface area contributed by atoms with Crippen LogP contribution < -0.4 is 5.73 Å². The first-order chi connectivity index (χ1) is 6.59. The van der Waals surface area contributed by atoms with Crippen LogP contribution in [0.3, 0.4) is 0 Å². The first kappa shape index (κ1) is 9.45. The van der Waals surface area contributed by atoms with Crippen molar-refractivity contribution in [3.05, 3.63) is 5.89 Å². The Bertz CT molecular complexity index is 326. The molecule has 4 unspecified atom stereocenters. The largest absolute Gasteiger partial charge is 0.408 e. The Morgan fingerprint density at radius 1 is 1.14 bits per heavy atom. The second-order valence-corrected chi connectivity index (χ2v) is 3.91. The summed E-state index contributed by atoms with van der Waals surface area (Å²) in [7, 11) is 0. The van der Waals surface area contributed by atoms with Gasteiger partial charge in [0.2, 0.25) is 5.89 Å². The molecular weight excluding hydrogens is 182 g/mol. The van der Waals surface area contributed by atoms with E-state index in [1.165, 1.54) is 0 Å². The molecule has 2 heterocycles. The fourth-order valence-corrected chi connectivity index (χ4v) is 2.07. The minimum atomic E-state index is 0.111. The molecule has 0 saturated carbocycles. The number of nitrogens with two attached hydrogens (primary N) is 1. The molecule has 5 heteroatoms. The van der Waals surface area contributed by atoms with Gasteiger partial charge >= 0.3 is 6.01 Å². The van der Waals surface area contributed by atoms with E-state index in [4.69, 9.17) is 14.9 Å². The van der Waals surface area contributed by atoms with Crippen molar-refractivity contribution in [1.29, 1.82) is 0 Å². The van der Waals surface area contributed by atoms with Gasteiger partial charge in [-0.3, -0.25) is 0 Å². The van der Waals surface area contributed by atoms with E-state index in [-0.39, 0.29) is 24.1 Å². The van der Waals surface area contributed by atoms with Crippen LogP contribution in [0, 0.1) is 5.92 Å². The molecule has 2 N–H and O–H groups in total. The minimum absolute atomic E-state index is 0.111. The maximum absolute atomic E-state index is 5.68. The fraction of sp³-hybridized carbons (Fsp3) is 0.778. The molecule has 4 atom stereocenters. The van der Waals surface area contributed by atoms with Crippen molar-refractivity contribution in [2.75, 3.05) is 5.73 Å². The molecule has 0 radical (unpaired) electrons. The van der Waals surface area contributed by atoms with Gasteiger partial charge in [-0.1, -0.05) is 12.0 Å². The second-order valence-electron chi connectivity index (χ2n) is 3.91. The number of ether oxygens (including phenoxy) is 1. The third kappa shape index (κ3) is 1.37. The molecule has 1 fully saturated rings. The topological polar surface area (TPSA) is 74.2 Å². The van der Waals surface area contributed by atoms with Crippen molar-refractivity contribution in [3.8, 4) is 0 Å². The van der Waals surface area contributed by atoms with Crippen molar-refractivity contribution in [3.63, 3.8) is 0 Å². The highest BCUT2D eigenvalue weighted by Gasteiger charge is 2.41. The van der Waals surface area contributed by atoms with E-state index in [1.54, 1.807) is 0 Å². The summed E-state index contributed by atoms with van der Waals surface area (Å²) < 4.78 is 10.9. The summed E-state index contributed by atoms with van der Waals surface area (Å²) in [5.74, 6) is 1.13. The molecule has 0 bridgehead atoms. The second kappa shape index (κ2) is 3.24. The number of hydrogen-bond acceptors (Lipinski definition) is 5. The average Bonchev–Trinajstić information content (AvgIpc) is 2.60. The Hall–Kier alpha value is -1.10. The van der Waals surface area contributed by atoms with Gasteiger partial charge in [0.15, 0.2) is 0 Å². The van der Waals surface area contributed by atoms with Crippen LogP contribution >= 0.6 is 0 Å². The van der Waals surface area contributed by atoms with E-state index < -0.39 is 0 Å². The summed E-state index contributed by atoms with van der Waals surface area (Å²) in [5.41, 5.74) is 5.39. The number of aromatic nitrogens is 2. The average molecular weight is 197 g/mol. The van der Waals surface area contributed by atoms with Crippen molar-refractivity contribution in [1.82, 2.24) is 10.2 Å². The van der Waals surface area contributed by atoms with Crippen molar-refractivity contribution >= 4 is 6.01 Å². The lowest BCUT2D eigenvalue weighted by molar-refractivity contribution is 0.0545. The quantitative estimate of drug-likeness (QED) is 0.731. The highest BCUT2D eigenvalue weighted by molar-refractivity contribution is 5.10. The standard InChI is InChI=1S/C9H15N3O2/c1-4-5(2)13-6(3)7(4)8-11-12-9(10)14-8/h4-7H,1-3H3,(H2,10,12). The highest BCUT2D eigenvalue weighted by Crippen LogP contribution is 2.39. The normalized spacial score (nSPS) is 37.6. The van der Waals surface area contributed by atoms with Crippen molar-refractivity contribution in [2.24, 2.45) is 5.92 Å². The Labute approximate surface area is 82.6 Å². The number of hydrogen-bond donors (Lipinski definition) is 1. The summed E-state index contributed by atoms with van der Waals surface area (Å²) in [6.45, 7) is 6.20. The fourth-order valence-electron chi connectivity index (χ4n) is 2.07. The minimum Gasteiger partial charge on any atom is -0.408 e. The van der Waals surface area contributed by atoms with Crippen LogP contribution in [0.1, 0.15) is 32.6 Å². The summed E-state index contributed by atoms with van der Waals surface area (Å²) in [4.78, 5) is 0. The summed E-state index contributed by atoms with van der Waals surface area (Å²) in [5, 5.41) is 7.57. The van der Waals surface area contributed by atoms with E-state index in [0.717, 1.165) is 0 Å². The van der Waals surface area contributed by atoms with Crippen LogP contribution in [-0.4, -0.2) is 22.4 Å². The third-order valence-corrected chi connectivity index (χ3v) is 2.98. The van der Waals surface area contributed by atoms with Crippen molar-refractivity contribution in [2.45, 2.75) is 38.9 Å². The van der Waals surface area contributed by atoms with Crippen LogP contribution in [0.25, 0.3) is 0 Å². The number of rotatable bonds is 1. The van der Waals surface area contributed by atoms with E-state index in [9.17, 15) is 0 Å². The summed E-state index contributed by atoms with van der Waals surface area (Å²) in [6, 6.07) is 0.124. The zero-order valence-corrected chi connectivity index (χ0v) is 8.60. The van der Waals surface area contributed by atoms with Crippen LogP contribution in [0.2, 0.25) is 0 Å². The lowest BCUT2D eigenvalue weighted by Crippen LogP contribution is -2.15. The summed E-state index contributed by atoms with van der Waals surface area (Å²) >= 11 is 0. The van der Waals surface area contributed by atoms with Gasteiger partial charge in [-0.05, 0) is 19.8 Å². The Kier molecular flexibility index (Phi) is 2.19. The van der Waals surface area contributed by atoms with E-state index in [0.29, 0.717) is 11.8 Å². The third-order valence-electron chi connectivity index (χ3n) is 2.98. The van der Waals surface area contributed by atoms with Gasteiger partial charge in [-0.15, -0.1) is 5.10 Å². The van der Waals surface area contributed by atoms with Crippen molar-refractivity contribution < 1.29 is 9.15 Å². The lowest BCUT2D eigenvalue weighted by atomic mass is 9.89. The zero-order valence-electron chi connectivity index (χ0n) is 8.60. The lowest BCUT2D eigenvalue weighted by Gasteiger charge is -2.12. The van der Waals surface area contributed by atoms with Crippen LogP contribution in [0.5, 0.6) is 0 Å². The number of nitrogens with zero attached hydrogens (tertiary/aromatic N) is 2. The van der Waals surface area contributed by atoms with Gasteiger partial charge in [0, 0.05) is 0 Å². The molecule has 1 aromatic rings. The van der Waals surface area contributed by atoms with Gasteiger partial charge in [0.05, 0.1) is 18.1 Å². The maximum Gasteiger partial charge on any atom is 0.312 e. The van der Waals surface area contributed by atoms with E-state index in [2.05, 4.69) is 24.0 Å². The predicted octanol–water partition coefficient (Wildman–Crippen LogP) is 1.18. The molecule has 0 spiro atoms. The molecule has 2 rings (SSSR count). The predicted molar refractivity (Wildman–Crippen MR) is 50.6 cm³/mol. The molecule has 5 nitrogen and oxygen atoms in total. The van der Waals surface area contributed by atoms with Crippen LogP contribution in [-0.2, 0) is 4.74 Å². The van der Waals surface area contributed by atoms with Gasteiger partial charge < -0.3 is 14.9 Å². The van der Waals surface area contributed by atoms with Gasteiger partial charge in [-0.25, -0.2) is 0 Å².